The zero-order valence-corrected chi connectivity index (χ0v) is 16.5. The fraction of sp³-hybridized carbons (Fsp3) is 0.789. The topological polar surface area (TPSA) is 86.8 Å². The van der Waals surface area contributed by atoms with E-state index in [1.54, 1.807) is 23.7 Å². The summed E-state index contributed by atoms with van der Waals surface area (Å²) in [6.45, 7) is 4.16. The standard InChI is InChI=1S/C19H32N6O/c1-5-6-12-16(13-20)25-14-17(22-23-25)19(2,21-18(26)24(3)4)15-10-8-7-9-11-15/h14-16H,5-12H2,1-4H3,(H,21,26). The summed E-state index contributed by atoms with van der Waals surface area (Å²) in [4.78, 5) is 14.0. The molecule has 1 aliphatic rings. The van der Waals surface area contributed by atoms with Gasteiger partial charge >= 0.3 is 6.03 Å². The van der Waals surface area contributed by atoms with Crippen LogP contribution < -0.4 is 5.32 Å². The Morgan fingerprint density at radius 3 is 2.73 bits per heavy atom. The van der Waals surface area contributed by atoms with Crippen molar-refractivity contribution in [2.24, 2.45) is 5.92 Å². The Kier molecular flexibility index (Phi) is 7.01. The van der Waals surface area contributed by atoms with E-state index in [0.29, 0.717) is 5.92 Å². The Labute approximate surface area is 156 Å². The molecule has 1 aromatic rings. The van der Waals surface area contributed by atoms with Gasteiger partial charge in [-0.2, -0.15) is 5.26 Å². The molecule has 144 valence electrons. The van der Waals surface area contributed by atoms with Crippen LogP contribution in [0.15, 0.2) is 6.20 Å². The van der Waals surface area contributed by atoms with E-state index in [2.05, 4.69) is 28.6 Å². The van der Waals surface area contributed by atoms with Crippen LogP contribution in [-0.2, 0) is 5.54 Å². The molecule has 7 nitrogen and oxygen atoms in total. The molecule has 0 aliphatic heterocycles. The Hall–Kier alpha value is -2.10. The summed E-state index contributed by atoms with van der Waals surface area (Å²) in [5, 5.41) is 21.3. The second-order valence-electron chi connectivity index (χ2n) is 7.73. The van der Waals surface area contributed by atoms with Gasteiger partial charge in [0.15, 0.2) is 0 Å². The number of carbonyl (C=O) groups excluding carboxylic acids is 1. The summed E-state index contributed by atoms with van der Waals surface area (Å²) in [6, 6.07) is 1.88. The van der Waals surface area contributed by atoms with Crippen LogP contribution in [0.5, 0.6) is 0 Å². The van der Waals surface area contributed by atoms with E-state index < -0.39 is 5.54 Å². The van der Waals surface area contributed by atoms with Gasteiger partial charge in [0.2, 0.25) is 0 Å². The highest BCUT2D eigenvalue weighted by Crippen LogP contribution is 2.38. The predicted molar refractivity (Wildman–Crippen MR) is 100 cm³/mol. The highest BCUT2D eigenvalue weighted by molar-refractivity contribution is 5.74. The molecular formula is C19H32N6O. The van der Waals surface area contributed by atoms with E-state index in [1.165, 1.54) is 19.3 Å². The van der Waals surface area contributed by atoms with E-state index in [0.717, 1.165) is 37.8 Å². The molecule has 1 aliphatic carbocycles. The number of nitrogens with one attached hydrogen (secondary N) is 1. The van der Waals surface area contributed by atoms with Gasteiger partial charge in [-0.25, -0.2) is 9.48 Å². The zero-order chi connectivity index (χ0) is 19.2. The SMILES string of the molecule is CCCCC(C#N)n1cc(C(C)(NC(=O)N(C)C)C2CCCCC2)nn1. The second kappa shape index (κ2) is 9.02. The number of hydrogen-bond donors (Lipinski definition) is 1. The first-order chi connectivity index (χ1) is 12.4. The third-order valence-corrected chi connectivity index (χ3v) is 5.54. The number of hydrogen-bond acceptors (Lipinski definition) is 4. The maximum Gasteiger partial charge on any atom is 0.317 e. The van der Waals surface area contributed by atoms with Crippen molar-refractivity contribution < 1.29 is 4.79 Å². The number of nitriles is 1. The van der Waals surface area contributed by atoms with Crippen LogP contribution in [0, 0.1) is 17.2 Å². The molecule has 0 saturated heterocycles. The molecule has 2 unspecified atom stereocenters. The van der Waals surface area contributed by atoms with Crippen LogP contribution in [0.1, 0.15) is 76.9 Å². The summed E-state index contributed by atoms with van der Waals surface area (Å²) < 4.78 is 1.66. The van der Waals surface area contributed by atoms with Gasteiger partial charge in [-0.3, -0.25) is 0 Å². The summed E-state index contributed by atoms with van der Waals surface area (Å²) in [7, 11) is 3.48. The molecule has 1 fully saturated rings. The van der Waals surface area contributed by atoms with E-state index in [4.69, 9.17) is 0 Å². The molecule has 26 heavy (non-hydrogen) atoms. The van der Waals surface area contributed by atoms with Crippen molar-refractivity contribution in [1.29, 1.82) is 5.26 Å². The van der Waals surface area contributed by atoms with Gasteiger partial charge in [0.25, 0.3) is 0 Å². The number of carbonyl (C=O) groups is 1. The number of amides is 2. The molecule has 0 spiro atoms. The smallest absolute Gasteiger partial charge is 0.317 e. The molecular weight excluding hydrogens is 328 g/mol. The summed E-state index contributed by atoms with van der Waals surface area (Å²) in [6.07, 6.45) is 10.3. The first-order valence-electron chi connectivity index (χ1n) is 9.73. The highest BCUT2D eigenvalue weighted by Gasteiger charge is 2.41. The number of urea groups is 1. The lowest BCUT2D eigenvalue weighted by Crippen LogP contribution is -2.52. The van der Waals surface area contributed by atoms with Crippen molar-refractivity contribution in [3.63, 3.8) is 0 Å². The lowest BCUT2D eigenvalue weighted by Gasteiger charge is -2.39. The summed E-state index contributed by atoms with van der Waals surface area (Å²) in [5.74, 6) is 0.321. The normalized spacial score (nSPS) is 18.6. The third-order valence-electron chi connectivity index (χ3n) is 5.54. The Bertz CT molecular complexity index is 628. The van der Waals surface area contributed by atoms with Crippen molar-refractivity contribution in [1.82, 2.24) is 25.2 Å². The lowest BCUT2D eigenvalue weighted by atomic mass is 9.74. The Morgan fingerprint density at radius 2 is 2.15 bits per heavy atom. The minimum atomic E-state index is -0.579. The molecule has 0 radical (unpaired) electrons. The molecule has 2 amide bonds. The Morgan fingerprint density at radius 1 is 1.46 bits per heavy atom. The fourth-order valence-corrected chi connectivity index (χ4v) is 3.71. The molecule has 2 rings (SSSR count). The minimum Gasteiger partial charge on any atom is -0.331 e. The van der Waals surface area contributed by atoms with Gasteiger partial charge in [-0.05, 0) is 32.1 Å². The van der Waals surface area contributed by atoms with Crippen LogP contribution in [0.2, 0.25) is 0 Å². The minimum absolute atomic E-state index is 0.129. The third kappa shape index (κ3) is 4.54. The van der Waals surface area contributed by atoms with Crippen molar-refractivity contribution in [3.05, 3.63) is 11.9 Å². The van der Waals surface area contributed by atoms with Crippen LogP contribution in [0.25, 0.3) is 0 Å². The van der Waals surface area contributed by atoms with Gasteiger partial charge in [0.05, 0.1) is 17.8 Å². The van der Waals surface area contributed by atoms with E-state index in [-0.39, 0.29) is 12.1 Å². The molecule has 1 saturated carbocycles. The van der Waals surface area contributed by atoms with Crippen LogP contribution >= 0.6 is 0 Å². The molecule has 0 aromatic carbocycles. The molecule has 1 aromatic heterocycles. The maximum absolute atomic E-state index is 12.4. The number of rotatable bonds is 7. The fourth-order valence-electron chi connectivity index (χ4n) is 3.71. The second-order valence-corrected chi connectivity index (χ2v) is 7.73. The van der Waals surface area contributed by atoms with Gasteiger partial charge in [0.1, 0.15) is 11.7 Å². The van der Waals surface area contributed by atoms with Gasteiger partial charge in [-0.1, -0.05) is 44.2 Å². The lowest BCUT2D eigenvalue weighted by molar-refractivity contribution is 0.156. The zero-order valence-electron chi connectivity index (χ0n) is 16.5. The number of aromatic nitrogens is 3. The average Bonchev–Trinajstić information content (AvgIpc) is 3.13. The van der Waals surface area contributed by atoms with Gasteiger partial charge < -0.3 is 10.2 Å². The number of nitrogens with zero attached hydrogens (tertiary/aromatic N) is 5. The van der Waals surface area contributed by atoms with Crippen molar-refractivity contribution in [2.75, 3.05) is 14.1 Å². The van der Waals surface area contributed by atoms with Crippen LogP contribution in [0.4, 0.5) is 4.79 Å². The molecule has 2 atom stereocenters. The first-order valence-corrected chi connectivity index (χ1v) is 9.73. The average molecular weight is 361 g/mol. The predicted octanol–water partition coefficient (Wildman–Crippen LogP) is 3.60. The van der Waals surface area contributed by atoms with E-state index in [9.17, 15) is 10.1 Å². The first kappa shape index (κ1) is 20.2. The van der Waals surface area contributed by atoms with Gasteiger partial charge in [0, 0.05) is 14.1 Å². The van der Waals surface area contributed by atoms with Crippen molar-refractivity contribution in [3.8, 4) is 6.07 Å². The van der Waals surface area contributed by atoms with Crippen LogP contribution in [0.3, 0.4) is 0 Å². The van der Waals surface area contributed by atoms with Gasteiger partial charge in [-0.15, -0.1) is 5.10 Å². The van der Waals surface area contributed by atoms with Crippen molar-refractivity contribution >= 4 is 6.03 Å². The van der Waals surface area contributed by atoms with Crippen molar-refractivity contribution in [2.45, 2.75) is 76.8 Å². The quantitative estimate of drug-likeness (QED) is 0.805. The number of unbranched alkanes of at least 4 members (excludes halogenated alkanes) is 1. The monoisotopic (exact) mass is 360 g/mol. The molecule has 1 N–H and O–H groups in total. The molecule has 1 heterocycles. The summed E-state index contributed by atoms with van der Waals surface area (Å²) >= 11 is 0. The molecule has 0 bridgehead atoms. The van der Waals surface area contributed by atoms with E-state index >= 15 is 0 Å². The van der Waals surface area contributed by atoms with Crippen LogP contribution in [-0.4, -0.2) is 40.0 Å². The summed E-state index contributed by atoms with van der Waals surface area (Å²) in [5.41, 5.74) is 0.168. The van der Waals surface area contributed by atoms with E-state index in [1.807, 2.05) is 13.1 Å². The highest BCUT2D eigenvalue weighted by atomic mass is 16.2. The largest absolute Gasteiger partial charge is 0.331 e. The molecule has 7 heteroatoms. The Balaban J connectivity index is 2.30. The maximum atomic E-state index is 12.4.